The summed E-state index contributed by atoms with van der Waals surface area (Å²) in [4.78, 5) is 38.7. The number of rotatable bonds is 6. The summed E-state index contributed by atoms with van der Waals surface area (Å²) >= 11 is 0. The second-order valence-corrected chi connectivity index (χ2v) is 6.34. The van der Waals surface area contributed by atoms with E-state index in [4.69, 9.17) is 9.47 Å². The number of hydrogen-bond acceptors (Lipinski definition) is 6. The molecule has 1 unspecified atom stereocenters. The van der Waals surface area contributed by atoms with Gasteiger partial charge in [-0.1, -0.05) is 0 Å². The predicted octanol–water partition coefficient (Wildman–Crippen LogP) is 1.60. The van der Waals surface area contributed by atoms with E-state index in [1.807, 2.05) is 0 Å². The van der Waals surface area contributed by atoms with Gasteiger partial charge in [0.15, 0.2) is 0 Å². The topological polar surface area (TPSA) is 103 Å². The van der Waals surface area contributed by atoms with Crippen LogP contribution in [0.2, 0.25) is 0 Å². The maximum atomic E-state index is 12.7. The molecule has 1 aliphatic heterocycles. The number of carbonyl (C=O) groups is 3. The van der Waals surface area contributed by atoms with Gasteiger partial charge in [-0.05, 0) is 31.2 Å². The molecule has 0 bridgehead atoms. The van der Waals surface area contributed by atoms with Crippen molar-refractivity contribution in [1.29, 1.82) is 0 Å². The third kappa shape index (κ3) is 3.83. The molecule has 1 N–H and O–H groups in total. The molecule has 148 valence electrons. The summed E-state index contributed by atoms with van der Waals surface area (Å²) < 4.78 is 11.5. The first-order chi connectivity index (χ1) is 13.4. The summed E-state index contributed by atoms with van der Waals surface area (Å²) in [7, 11) is 3.18. The van der Waals surface area contributed by atoms with Crippen molar-refractivity contribution in [2.45, 2.75) is 13.3 Å². The van der Waals surface area contributed by atoms with Gasteiger partial charge in [-0.3, -0.25) is 14.3 Å². The van der Waals surface area contributed by atoms with Crippen molar-refractivity contribution in [2.24, 2.45) is 13.0 Å². The van der Waals surface area contributed by atoms with Crippen LogP contribution in [0.25, 0.3) is 0 Å². The van der Waals surface area contributed by atoms with Crippen molar-refractivity contribution < 1.29 is 23.9 Å². The smallest absolute Gasteiger partial charge is 0.343 e. The lowest BCUT2D eigenvalue weighted by Gasteiger charge is -2.17. The Balaban J connectivity index is 1.71. The SMILES string of the molecule is CCOC(=O)c1cnn(C)c1NC(=O)C1CC(=O)N(c2ccc(OC)cc2)C1. The molecular formula is C19H22N4O5. The lowest BCUT2D eigenvalue weighted by Crippen LogP contribution is -2.29. The van der Waals surface area contributed by atoms with Crippen molar-refractivity contribution in [1.82, 2.24) is 9.78 Å². The number of benzene rings is 1. The Hall–Kier alpha value is -3.36. The quantitative estimate of drug-likeness (QED) is 0.757. The predicted molar refractivity (Wildman–Crippen MR) is 101 cm³/mol. The van der Waals surface area contributed by atoms with E-state index in [9.17, 15) is 14.4 Å². The Kier molecular flexibility index (Phi) is 5.62. The molecule has 1 saturated heterocycles. The van der Waals surface area contributed by atoms with Crippen LogP contribution in [-0.2, 0) is 21.4 Å². The molecule has 2 amide bonds. The van der Waals surface area contributed by atoms with Crippen LogP contribution in [0, 0.1) is 5.92 Å². The van der Waals surface area contributed by atoms with E-state index < -0.39 is 11.9 Å². The monoisotopic (exact) mass is 386 g/mol. The fourth-order valence-electron chi connectivity index (χ4n) is 3.06. The first kappa shape index (κ1) is 19.4. The molecule has 9 nitrogen and oxygen atoms in total. The zero-order chi connectivity index (χ0) is 20.3. The third-order valence-electron chi connectivity index (χ3n) is 4.56. The van der Waals surface area contributed by atoms with Gasteiger partial charge in [0.25, 0.3) is 0 Å². The van der Waals surface area contributed by atoms with Crippen LogP contribution in [0.5, 0.6) is 5.75 Å². The van der Waals surface area contributed by atoms with Crippen molar-refractivity contribution >= 4 is 29.3 Å². The van der Waals surface area contributed by atoms with Crippen LogP contribution in [-0.4, -0.2) is 47.8 Å². The van der Waals surface area contributed by atoms with Gasteiger partial charge in [-0.15, -0.1) is 0 Å². The highest BCUT2D eigenvalue weighted by molar-refractivity contribution is 6.05. The van der Waals surface area contributed by atoms with Gasteiger partial charge in [0.05, 0.1) is 25.8 Å². The van der Waals surface area contributed by atoms with Crippen LogP contribution in [0.4, 0.5) is 11.5 Å². The number of ether oxygens (including phenoxy) is 2. The number of amides is 2. The van der Waals surface area contributed by atoms with E-state index >= 15 is 0 Å². The Morgan fingerprint density at radius 3 is 2.64 bits per heavy atom. The highest BCUT2D eigenvalue weighted by Crippen LogP contribution is 2.28. The van der Waals surface area contributed by atoms with Gasteiger partial charge in [0.1, 0.15) is 17.1 Å². The summed E-state index contributed by atoms with van der Waals surface area (Å²) in [6.07, 6.45) is 1.43. The zero-order valence-corrected chi connectivity index (χ0v) is 16.0. The summed E-state index contributed by atoms with van der Waals surface area (Å²) in [5, 5.41) is 6.72. The van der Waals surface area contributed by atoms with E-state index in [1.165, 1.54) is 10.9 Å². The molecular weight excluding hydrogens is 364 g/mol. The van der Waals surface area contributed by atoms with Crippen molar-refractivity contribution in [3.05, 3.63) is 36.0 Å². The minimum Gasteiger partial charge on any atom is -0.497 e. The van der Waals surface area contributed by atoms with Gasteiger partial charge in [-0.2, -0.15) is 5.10 Å². The number of aromatic nitrogens is 2. The second-order valence-electron chi connectivity index (χ2n) is 6.34. The fourth-order valence-corrected chi connectivity index (χ4v) is 3.06. The van der Waals surface area contributed by atoms with Crippen molar-refractivity contribution in [3.63, 3.8) is 0 Å². The van der Waals surface area contributed by atoms with E-state index in [0.29, 0.717) is 11.4 Å². The largest absolute Gasteiger partial charge is 0.497 e. The van der Waals surface area contributed by atoms with Gasteiger partial charge >= 0.3 is 5.97 Å². The van der Waals surface area contributed by atoms with Crippen molar-refractivity contribution in [3.8, 4) is 5.75 Å². The third-order valence-corrected chi connectivity index (χ3v) is 4.56. The number of carbonyl (C=O) groups excluding carboxylic acids is 3. The maximum absolute atomic E-state index is 12.7. The standard InChI is InChI=1S/C19H22N4O5/c1-4-28-19(26)15-10-20-22(2)17(15)21-18(25)12-9-16(24)23(11-12)13-5-7-14(27-3)8-6-13/h5-8,10,12H,4,9,11H2,1-3H3,(H,21,25). The highest BCUT2D eigenvalue weighted by atomic mass is 16.5. The number of aryl methyl sites for hydroxylation is 1. The minimum atomic E-state index is -0.562. The number of nitrogens with one attached hydrogen (secondary N) is 1. The molecule has 3 rings (SSSR count). The number of anilines is 2. The lowest BCUT2D eigenvalue weighted by atomic mass is 10.1. The van der Waals surface area contributed by atoms with Crippen LogP contribution in [0.15, 0.2) is 30.5 Å². The molecule has 9 heteroatoms. The molecule has 2 heterocycles. The number of methoxy groups -OCH3 is 1. The molecule has 0 saturated carbocycles. The van der Waals surface area contributed by atoms with Gasteiger partial charge in [-0.25, -0.2) is 4.79 Å². The second kappa shape index (κ2) is 8.12. The maximum Gasteiger partial charge on any atom is 0.343 e. The average Bonchev–Trinajstić information content (AvgIpc) is 3.25. The molecule has 0 radical (unpaired) electrons. The molecule has 28 heavy (non-hydrogen) atoms. The van der Waals surface area contributed by atoms with Crippen LogP contribution < -0.4 is 15.0 Å². The fraction of sp³-hybridized carbons (Fsp3) is 0.368. The Morgan fingerprint density at radius 2 is 2.00 bits per heavy atom. The van der Waals surface area contributed by atoms with Gasteiger partial charge in [0.2, 0.25) is 11.8 Å². The first-order valence-corrected chi connectivity index (χ1v) is 8.89. The summed E-state index contributed by atoms with van der Waals surface area (Å²) in [5.41, 5.74) is 0.878. The van der Waals surface area contributed by atoms with Gasteiger partial charge in [0, 0.05) is 25.7 Å². The van der Waals surface area contributed by atoms with E-state index in [-0.39, 0.29) is 42.8 Å². The molecule has 0 aliphatic carbocycles. The average molecular weight is 386 g/mol. The minimum absolute atomic E-state index is 0.0878. The van der Waals surface area contributed by atoms with Crippen LogP contribution in [0.3, 0.4) is 0 Å². The Morgan fingerprint density at radius 1 is 1.29 bits per heavy atom. The van der Waals surface area contributed by atoms with E-state index in [2.05, 4.69) is 10.4 Å². The van der Waals surface area contributed by atoms with E-state index in [0.717, 1.165) is 0 Å². The molecule has 1 aliphatic rings. The Labute approximate surface area is 162 Å². The van der Waals surface area contributed by atoms with Gasteiger partial charge < -0.3 is 19.7 Å². The van der Waals surface area contributed by atoms with Crippen LogP contribution in [0.1, 0.15) is 23.7 Å². The lowest BCUT2D eigenvalue weighted by molar-refractivity contribution is -0.122. The molecule has 1 aromatic carbocycles. The molecule has 1 fully saturated rings. The zero-order valence-electron chi connectivity index (χ0n) is 16.0. The number of nitrogens with zero attached hydrogens (tertiary/aromatic N) is 3. The molecule has 1 aromatic heterocycles. The summed E-state index contributed by atoms with van der Waals surface area (Å²) in [6, 6.07) is 7.07. The normalized spacial score (nSPS) is 16.2. The molecule has 2 aromatic rings. The summed E-state index contributed by atoms with van der Waals surface area (Å²) in [6.45, 7) is 2.17. The van der Waals surface area contributed by atoms with Crippen molar-refractivity contribution in [2.75, 3.05) is 30.5 Å². The first-order valence-electron chi connectivity index (χ1n) is 8.89. The molecule has 1 atom stereocenters. The number of esters is 1. The van der Waals surface area contributed by atoms with Crippen LogP contribution >= 0.6 is 0 Å². The van der Waals surface area contributed by atoms with E-state index in [1.54, 1.807) is 50.2 Å². The Bertz CT molecular complexity index is 890. The summed E-state index contributed by atoms with van der Waals surface area (Å²) in [5.74, 6) is -0.654. The highest BCUT2D eigenvalue weighted by Gasteiger charge is 2.36. The number of hydrogen-bond donors (Lipinski definition) is 1. The molecule has 0 spiro atoms.